The molecule has 3 nitrogen and oxygen atoms in total. The van der Waals surface area contributed by atoms with Gasteiger partial charge in [0.1, 0.15) is 0 Å². The molecule has 2 atom stereocenters. The van der Waals surface area contributed by atoms with Crippen LogP contribution in [0.25, 0.3) is 0 Å². The third-order valence-electron chi connectivity index (χ3n) is 3.85. The van der Waals surface area contributed by atoms with E-state index in [1.54, 1.807) is 11.3 Å². The number of hydrogen-bond donors (Lipinski definition) is 1. The Morgan fingerprint density at radius 3 is 2.89 bits per heavy atom. The van der Waals surface area contributed by atoms with E-state index in [-0.39, 0.29) is 0 Å². The Kier molecular flexibility index (Phi) is 5.54. The smallest absolute Gasteiger partial charge is 0.185 e. The summed E-state index contributed by atoms with van der Waals surface area (Å²) in [6, 6.07) is 0. The van der Waals surface area contributed by atoms with Crippen LogP contribution in [0.2, 0.25) is 0 Å². The minimum Gasteiger partial charge on any atom is -0.346 e. The van der Waals surface area contributed by atoms with Gasteiger partial charge >= 0.3 is 0 Å². The van der Waals surface area contributed by atoms with Crippen molar-refractivity contribution in [3.05, 3.63) is 10.6 Å². The van der Waals surface area contributed by atoms with Crippen LogP contribution in [0.3, 0.4) is 0 Å². The number of nitrogens with zero attached hydrogens (tertiary/aromatic N) is 2. The molecule has 1 saturated heterocycles. The monoisotopic (exact) mass is 299 g/mol. The Hall–Kier alpha value is -0.260. The summed E-state index contributed by atoms with van der Waals surface area (Å²) < 4.78 is 0. The molecule has 0 aromatic carbocycles. The van der Waals surface area contributed by atoms with E-state index in [2.05, 4.69) is 37.4 Å². The van der Waals surface area contributed by atoms with Crippen LogP contribution in [-0.4, -0.2) is 29.1 Å². The molecule has 0 saturated carbocycles. The highest BCUT2D eigenvalue weighted by Crippen LogP contribution is 2.34. The van der Waals surface area contributed by atoms with Crippen molar-refractivity contribution in [3.8, 4) is 0 Å². The average molecular weight is 300 g/mol. The molecule has 2 rings (SSSR count). The van der Waals surface area contributed by atoms with Gasteiger partial charge in [-0.1, -0.05) is 20.8 Å². The molecule has 1 aromatic rings. The molecular formula is C14H25N3S2. The van der Waals surface area contributed by atoms with E-state index in [4.69, 9.17) is 10.7 Å². The fourth-order valence-corrected chi connectivity index (χ4v) is 4.62. The molecule has 2 N–H and O–H groups in total. The number of hydrogen-bond acceptors (Lipinski definition) is 5. The number of anilines is 1. The third-order valence-corrected chi connectivity index (χ3v) is 6.37. The van der Waals surface area contributed by atoms with Crippen molar-refractivity contribution >= 4 is 28.2 Å². The van der Waals surface area contributed by atoms with Crippen LogP contribution in [0, 0.1) is 0 Å². The van der Waals surface area contributed by atoms with E-state index >= 15 is 0 Å². The first kappa shape index (κ1) is 15.1. The van der Waals surface area contributed by atoms with Crippen LogP contribution in [0.5, 0.6) is 0 Å². The lowest BCUT2D eigenvalue weighted by Crippen LogP contribution is -2.37. The van der Waals surface area contributed by atoms with Crippen molar-refractivity contribution < 1.29 is 0 Å². The minimum atomic E-state index is 0.518. The Labute approximate surface area is 125 Å². The van der Waals surface area contributed by atoms with Gasteiger partial charge in [0.2, 0.25) is 0 Å². The van der Waals surface area contributed by atoms with Crippen LogP contribution in [-0.2, 0) is 6.54 Å². The molecular weight excluding hydrogens is 274 g/mol. The van der Waals surface area contributed by atoms with Crippen LogP contribution in [0.4, 0.5) is 5.13 Å². The summed E-state index contributed by atoms with van der Waals surface area (Å²) >= 11 is 3.90. The number of thioether (sulfide) groups is 1. The molecule has 0 aliphatic carbocycles. The highest BCUT2D eigenvalue weighted by molar-refractivity contribution is 8.00. The van der Waals surface area contributed by atoms with Gasteiger partial charge in [0, 0.05) is 35.5 Å². The number of nitrogens with two attached hydrogens (primary N) is 1. The molecule has 1 aliphatic rings. The molecule has 1 fully saturated rings. The van der Waals surface area contributed by atoms with Crippen molar-refractivity contribution in [3.63, 3.8) is 0 Å². The second-order valence-corrected chi connectivity index (χ2v) is 7.64. The number of thiazole rings is 1. The normalized spacial score (nSPS) is 21.7. The largest absolute Gasteiger partial charge is 0.346 e. The summed E-state index contributed by atoms with van der Waals surface area (Å²) in [5.41, 5.74) is 7.12. The summed E-state index contributed by atoms with van der Waals surface area (Å²) in [7, 11) is 0. The van der Waals surface area contributed by atoms with Gasteiger partial charge in [0.15, 0.2) is 5.13 Å². The second-order valence-electron chi connectivity index (χ2n) is 5.17. The van der Waals surface area contributed by atoms with E-state index in [0.29, 0.717) is 12.5 Å². The summed E-state index contributed by atoms with van der Waals surface area (Å²) in [5.74, 6) is 1.74. The first-order chi connectivity index (χ1) is 9.19. The first-order valence-corrected chi connectivity index (χ1v) is 9.12. The van der Waals surface area contributed by atoms with Crippen molar-refractivity contribution in [2.45, 2.75) is 51.3 Å². The summed E-state index contributed by atoms with van der Waals surface area (Å²) in [6.07, 6.45) is 2.37. The molecule has 19 heavy (non-hydrogen) atoms. The van der Waals surface area contributed by atoms with Gasteiger partial charge in [0.05, 0.1) is 5.69 Å². The van der Waals surface area contributed by atoms with Gasteiger partial charge < -0.3 is 10.6 Å². The Bertz CT molecular complexity index is 405. The predicted molar refractivity (Wildman–Crippen MR) is 87.5 cm³/mol. The number of aromatic nitrogens is 1. The fraction of sp³-hybridized carbons (Fsp3) is 0.786. The predicted octanol–water partition coefficient (Wildman–Crippen LogP) is 3.45. The molecule has 2 unspecified atom stereocenters. The lowest BCUT2D eigenvalue weighted by Gasteiger charge is -2.31. The standard InChI is InChI=1S/C14H25N3S2/c1-4-10(3)13-12(8-15)19-14(16-13)17-6-7-18-11(5-2)9-17/h10-11H,4-9,15H2,1-3H3. The van der Waals surface area contributed by atoms with Gasteiger partial charge in [-0.2, -0.15) is 11.8 Å². The Morgan fingerprint density at radius 2 is 2.26 bits per heavy atom. The highest BCUT2D eigenvalue weighted by Gasteiger charge is 2.23. The zero-order valence-electron chi connectivity index (χ0n) is 12.2. The molecule has 1 aliphatic heterocycles. The maximum atomic E-state index is 5.89. The molecule has 2 heterocycles. The lowest BCUT2D eigenvalue weighted by molar-refractivity contribution is 0.693. The summed E-state index contributed by atoms with van der Waals surface area (Å²) in [4.78, 5) is 8.63. The fourth-order valence-electron chi connectivity index (χ4n) is 2.35. The topological polar surface area (TPSA) is 42.2 Å². The van der Waals surface area contributed by atoms with Crippen LogP contribution in [0.15, 0.2) is 0 Å². The third kappa shape index (κ3) is 3.44. The van der Waals surface area contributed by atoms with Gasteiger partial charge in [-0.25, -0.2) is 4.98 Å². The zero-order valence-corrected chi connectivity index (χ0v) is 13.8. The minimum absolute atomic E-state index is 0.518. The van der Waals surface area contributed by atoms with E-state index in [0.717, 1.165) is 24.8 Å². The number of rotatable bonds is 5. The first-order valence-electron chi connectivity index (χ1n) is 7.25. The molecule has 0 radical (unpaired) electrons. The van der Waals surface area contributed by atoms with Crippen LogP contribution >= 0.6 is 23.1 Å². The van der Waals surface area contributed by atoms with Crippen molar-refractivity contribution in [2.75, 3.05) is 23.7 Å². The molecule has 1 aromatic heterocycles. The van der Waals surface area contributed by atoms with Gasteiger partial charge in [-0.3, -0.25) is 0 Å². The molecule has 5 heteroatoms. The average Bonchev–Trinajstić information content (AvgIpc) is 2.90. The SMILES string of the molecule is CCC1CN(c2nc(C(C)CC)c(CN)s2)CCS1. The Morgan fingerprint density at radius 1 is 1.47 bits per heavy atom. The molecule has 0 bridgehead atoms. The van der Waals surface area contributed by atoms with Crippen molar-refractivity contribution in [2.24, 2.45) is 5.73 Å². The lowest BCUT2D eigenvalue weighted by atomic mass is 10.0. The van der Waals surface area contributed by atoms with Crippen LogP contribution in [0.1, 0.15) is 50.1 Å². The maximum absolute atomic E-state index is 5.89. The Balaban J connectivity index is 2.18. The molecule has 0 amide bonds. The van der Waals surface area contributed by atoms with E-state index < -0.39 is 0 Å². The van der Waals surface area contributed by atoms with Crippen LogP contribution < -0.4 is 10.6 Å². The van der Waals surface area contributed by atoms with E-state index in [1.807, 2.05) is 0 Å². The van der Waals surface area contributed by atoms with Gasteiger partial charge in [-0.05, 0) is 18.8 Å². The van der Waals surface area contributed by atoms with E-state index in [9.17, 15) is 0 Å². The molecule has 108 valence electrons. The second kappa shape index (κ2) is 6.95. The molecule has 0 spiro atoms. The van der Waals surface area contributed by atoms with Gasteiger partial charge in [0.25, 0.3) is 0 Å². The van der Waals surface area contributed by atoms with Crippen molar-refractivity contribution in [1.29, 1.82) is 0 Å². The zero-order chi connectivity index (χ0) is 13.8. The van der Waals surface area contributed by atoms with E-state index in [1.165, 1.54) is 27.9 Å². The van der Waals surface area contributed by atoms with Gasteiger partial charge in [-0.15, -0.1) is 11.3 Å². The summed E-state index contributed by atoms with van der Waals surface area (Å²) in [6.45, 7) is 9.63. The highest BCUT2D eigenvalue weighted by atomic mass is 32.2. The summed E-state index contributed by atoms with van der Waals surface area (Å²) in [5, 5.41) is 1.94. The maximum Gasteiger partial charge on any atom is 0.185 e. The van der Waals surface area contributed by atoms with Crippen molar-refractivity contribution in [1.82, 2.24) is 4.98 Å². The quantitative estimate of drug-likeness (QED) is 0.904.